The molecular weight excluding hydrogens is 212 g/mol. The summed E-state index contributed by atoms with van der Waals surface area (Å²) in [6.45, 7) is 6.56. The van der Waals surface area contributed by atoms with Crippen LogP contribution in [0.15, 0.2) is 24.3 Å². The van der Waals surface area contributed by atoms with Gasteiger partial charge in [-0.2, -0.15) is 0 Å². The van der Waals surface area contributed by atoms with Gasteiger partial charge in [-0.3, -0.25) is 4.79 Å². The minimum Gasteiger partial charge on any atom is -0.314 e. The van der Waals surface area contributed by atoms with Crippen LogP contribution in [-0.4, -0.2) is 25.5 Å². The van der Waals surface area contributed by atoms with Crippen LogP contribution in [-0.2, 0) is 11.2 Å². The zero-order valence-electron chi connectivity index (χ0n) is 11.2. The predicted octanol–water partition coefficient (Wildman–Crippen LogP) is 2.21. The van der Waals surface area contributed by atoms with Crippen LogP contribution in [0.25, 0.3) is 0 Å². The molecule has 3 nitrogen and oxygen atoms in total. The highest BCUT2D eigenvalue weighted by Gasteiger charge is 2.10. The van der Waals surface area contributed by atoms with Crippen LogP contribution in [0.5, 0.6) is 0 Å². The average Bonchev–Trinajstić information content (AvgIpc) is 2.35. The number of nitrogens with one attached hydrogen (secondary N) is 1. The highest BCUT2D eigenvalue weighted by molar-refractivity contribution is 5.94. The fourth-order valence-electron chi connectivity index (χ4n) is 1.51. The Morgan fingerprint density at radius 1 is 1.29 bits per heavy atom. The smallest absolute Gasteiger partial charge is 0.240 e. The first kappa shape index (κ1) is 13.7. The van der Waals surface area contributed by atoms with Crippen molar-refractivity contribution in [2.45, 2.75) is 33.2 Å². The summed E-state index contributed by atoms with van der Waals surface area (Å²) in [5.41, 5.74) is 2.23. The standard InChI is InChI=1S/C14H22N2O/c1-5-12-6-8-13(9-7-12)16(4)14(17)10-15-11(2)3/h6-9,11,15H,5,10H2,1-4H3. The van der Waals surface area contributed by atoms with Crippen LogP contribution >= 0.6 is 0 Å². The molecule has 0 bridgehead atoms. The van der Waals surface area contributed by atoms with Gasteiger partial charge >= 0.3 is 0 Å². The lowest BCUT2D eigenvalue weighted by molar-refractivity contribution is -0.117. The molecule has 3 heteroatoms. The van der Waals surface area contributed by atoms with Crippen molar-refractivity contribution >= 4 is 11.6 Å². The van der Waals surface area contributed by atoms with Crippen LogP contribution in [0, 0.1) is 0 Å². The van der Waals surface area contributed by atoms with E-state index in [0.717, 1.165) is 12.1 Å². The van der Waals surface area contributed by atoms with Gasteiger partial charge in [-0.1, -0.05) is 32.9 Å². The molecule has 1 amide bonds. The summed E-state index contributed by atoms with van der Waals surface area (Å²) in [6, 6.07) is 8.44. The normalized spacial score (nSPS) is 10.6. The molecule has 0 saturated heterocycles. The first-order valence-corrected chi connectivity index (χ1v) is 6.13. The maximum absolute atomic E-state index is 11.9. The van der Waals surface area contributed by atoms with Crippen LogP contribution in [0.3, 0.4) is 0 Å². The van der Waals surface area contributed by atoms with Gasteiger partial charge in [0, 0.05) is 18.8 Å². The number of rotatable bonds is 5. The summed E-state index contributed by atoms with van der Waals surface area (Å²) >= 11 is 0. The van der Waals surface area contributed by atoms with Crippen LogP contribution in [0.1, 0.15) is 26.3 Å². The number of anilines is 1. The van der Waals surface area contributed by atoms with Crippen molar-refractivity contribution in [2.24, 2.45) is 0 Å². The maximum Gasteiger partial charge on any atom is 0.240 e. The number of hydrogen-bond donors (Lipinski definition) is 1. The summed E-state index contributed by atoms with van der Waals surface area (Å²) in [5.74, 6) is 0.0861. The highest BCUT2D eigenvalue weighted by atomic mass is 16.2. The summed E-state index contributed by atoms with van der Waals surface area (Å²) in [5, 5.41) is 3.13. The van der Waals surface area contributed by atoms with Crippen molar-refractivity contribution in [2.75, 3.05) is 18.5 Å². The lowest BCUT2D eigenvalue weighted by Gasteiger charge is -2.18. The monoisotopic (exact) mass is 234 g/mol. The molecule has 0 saturated carbocycles. The molecule has 0 fully saturated rings. The van der Waals surface area contributed by atoms with Gasteiger partial charge in [0.15, 0.2) is 0 Å². The van der Waals surface area contributed by atoms with E-state index in [4.69, 9.17) is 0 Å². The first-order valence-electron chi connectivity index (χ1n) is 6.13. The van der Waals surface area contributed by atoms with E-state index in [-0.39, 0.29) is 5.91 Å². The Hall–Kier alpha value is -1.35. The Labute approximate surface area is 104 Å². The molecule has 0 atom stereocenters. The second-order valence-electron chi connectivity index (χ2n) is 4.51. The summed E-state index contributed by atoms with van der Waals surface area (Å²) in [6.07, 6.45) is 1.02. The van der Waals surface area contributed by atoms with E-state index < -0.39 is 0 Å². The Balaban J connectivity index is 2.61. The second-order valence-corrected chi connectivity index (χ2v) is 4.51. The topological polar surface area (TPSA) is 32.3 Å². The largest absolute Gasteiger partial charge is 0.314 e. The van der Waals surface area contributed by atoms with E-state index in [1.165, 1.54) is 5.56 Å². The van der Waals surface area contributed by atoms with E-state index in [1.807, 2.05) is 33.0 Å². The number of carbonyl (C=O) groups is 1. The number of carbonyl (C=O) groups excluding carboxylic acids is 1. The molecule has 0 unspecified atom stereocenters. The number of likely N-dealkylation sites (N-methyl/N-ethyl adjacent to an activating group) is 1. The van der Waals surface area contributed by atoms with Crippen molar-refractivity contribution in [1.29, 1.82) is 0 Å². The zero-order valence-corrected chi connectivity index (χ0v) is 11.2. The van der Waals surface area contributed by atoms with Crippen molar-refractivity contribution < 1.29 is 4.79 Å². The number of aryl methyl sites for hydroxylation is 1. The Morgan fingerprint density at radius 3 is 2.35 bits per heavy atom. The molecule has 94 valence electrons. The van der Waals surface area contributed by atoms with Gasteiger partial charge in [-0.25, -0.2) is 0 Å². The van der Waals surface area contributed by atoms with Crippen LogP contribution in [0.2, 0.25) is 0 Å². The number of hydrogen-bond acceptors (Lipinski definition) is 2. The zero-order chi connectivity index (χ0) is 12.8. The van der Waals surface area contributed by atoms with Gasteiger partial charge in [-0.15, -0.1) is 0 Å². The van der Waals surface area contributed by atoms with Gasteiger partial charge in [0.1, 0.15) is 0 Å². The van der Waals surface area contributed by atoms with Gasteiger partial charge in [-0.05, 0) is 24.1 Å². The Bertz CT molecular complexity index is 357. The average molecular weight is 234 g/mol. The first-order chi connectivity index (χ1) is 8.04. The number of amides is 1. The fourth-order valence-corrected chi connectivity index (χ4v) is 1.51. The van der Waals surface area contributed by atoms with E-state index in [9.17, 15) is 4.79 Å². The molecule has 0 aliphatic heterocycles. The summed E-state index contributed by atoms with van der Waals surface area (Å²) in [4.78, 5) is 13.6. The fraction of sp³-hybridized carbons (Fsp3) is 0.500. The van der Waals surface area contributed by atoms with Crippen molar-refractivity contribution in [1.82, 2.24) is 5.32 Å². The van der Waals surface area contributed by atoms with Gasteiger partial charge < -0.3 is 10.2 Å². The SMILES string of the molecule is CCc1ccc(N(C)C(=O)CNC(C)C)cc1. The molecule has 1 aromatic carbocycles. The Morgan fingerprint density at radius 2 is 1.88 bits per heavy atom. The number of benzene rings is 1. The van der Waals surface area contributed by atoms with Gasteiger partial charge in [0.2, 0.25) is 5.91 Å². The molecule has 1 rings (SSSR count). The molecule has 1 N–H and O–H groups in total. The lowest BCUT2D eigenvalue weighted by atomic mass is 10.1. The van der Waals surface area contributed by atoms with Crippen LogP contribution < -0.4 is 10.2 Å². The van der Waals surface area contributed by atoms with E-state index in [2.05, 4.69) is 24.4 Å². The third kappa shape index (κ3) is 4.19. The summed E-state index contributed by atoms with van der Waals surface area (Å²) < 4.78 is 0. The van der Waals surface area contributed by atoms with E-state index in [1.54, 1.807) is 4.90 Å². The van der Waals surface area contributed by atoms with Crippen LogP contribution in [0.4, 0.5) is 5.69 Å². The second kappa shape index (κ2) is 6.40. The lowest BCUT2D eigenvalue weighted by Crippen LogP contribution is -2.38. The molecule has 1 aromatic rings. The third-order valence-corrected chi connectivity index (χ3v) is 2.77. The molecule has 0 radical (unpaired) electrons. The number of nitrogens with zero attached hydrogens (tertiary/aromatic N) is 1. The molecular formula is C14H22N2O. The van der Waals surface area contributed by atoms with E-state index >= 15 is 0 Å². The van der Waals surface area contributed by atoms with Gasteiger partial charge in [0.25, 0.3) is 0 Å². The quantitative estimate of drug-likeness (QED) is 0.847. The Kier molecular flexibility index (Phi) is 5.16. The van der Waals surface area contributed by atoms with Crippen molar-refractivity contribution in [3.05, 3.63) is 29.8 Å². The molecule has 0 spiro atoms. The minimum absolute atomic E-state index is 0.0861. The van der Waals surface area contributed by atoms with Gasteiger partial charge in [0.05, 0.1) is 6.54 Å². The highest BCUT2D eigenvalue weighted by Crippen LogP contribution is 2.14. The van der Waals surface area contributed by atoms with Crippen molar-refractivity contribution in [3.8, 4) is 0 Å². The molecule has 0 aromatic heterocycles. The molecule has 0 aliphatic carbocycles. The maximum atomic E-state index is 11.9. The third-order valence-electron chi connectivity index (χ3n) is 2.77. The molecule has 0 heterocycles. The van der Waals surface area contributed by atoms with Crippen molar-refractivity contribution in [3.63, 3.8) is 0 Å². The minimum atomic E-state index is 0.0861. The summed E-state index contributed by atoms with van der Waals surface area (Å²) in [7, 11) is 1.81. The molecule has 0 aliphatic rings. The van der Waals surface area contributed by atoms with E-state index in [0.29, 0.717) is 12.6 Å². The predicted molar refractivity (Wildman–Crippen MR) is 72.4 cm³/mol. The molecule has 17 heavy (non-hydrogen) atoms.